The molecule has 0 amide bonds. The van der Waals surface area contributed by atoms with Gasteiger partial charge in [-0.1, -0.05) is 0 Å². The summed E-state index contributed by atoms with van der Waals surface area (Å²) in [6, 6.07) is 5.18. The molecular formula is C12H11F3N2O2. The maximum Gasteiger partial charge on any atom is 0.405 e. The van der Waals surface area contributed by atoms with Gasteiger partial charge in [-0.3, -0.25) is 0 Å². The van der Waals surface area contributed by atoms with Gasteiger partial charge in [0.15, 0.2) is 0 Å². The first kappa shape index (κ1) is 14.8. The first-order valence-electron chi connectivity index (χ1n) is 5.37. The molecule has 0 aliphatic carbocycles. The van der Waals surface area contributed by atoms with Gasteiger partial charge in [0.25, 0.3) is 0 Å². The van der Waals surface area contributed by atoms with E-state index >= 15 is 0 Å². The van der Waals surface area contributed by atoms with Gasteiger partial charge in [-0.05, 0) is 25.1 Å². The van der Waals surface area contributed by atoms with Crippen LogP contribution in [0, 0.1) is 11.3 Å². The summed E-state index contributed by atoms with van der Waals surface area (Å²) in [4.78, 5) is 11.7. The molecule has 0 radical (unpaired) electrons. The van der Waals surface area contributed by atoms with Crippen LogP contribution in [0.15, 0.2) is 18.2 Å². The number of aromatic carboxylic acids is 1. The fourth-order valence-corrected chi connectivity index (χ4v) is 1.62. The number of halogens is 3. The third kappa shape index (κ3) is 3.88. The number of hydrogen-bond acceptors (Lipinski definition) is 3. The summed E-state index contributed by atoms with van der Waals surface area (Å²) >= 11 is 0. The van der Waals surface area contributed by atoms with E-state index in [0.29, 0.717) is 0 Å². The van der Waals surface area contributed by atoms with Gasteiger partial charge in [-0.15, -0.1) is 0 Å². The van der Waals surface area contributed by atoms with Crippen molar-refractivity contribution >= 4 is 11.7 Å². The van der Waals surface area contributed by atoms with Crippen LogP contribution in [0.5, 0.6) is 0 Å². The van der Waals surface area contributed by atoms with E-state index in [-0.39, 0.29) is 23.4 Å². The Balaban J connectivity index is 3.18. The maximum absolute atomic E-state index is 12.4. The molecule has 0 atom stereocenters. The fraction of sp³-hybridized carbons (Fsp3) is 0.333. The van der Waals surface area contributed by atoms with Crippen LogP contribution in [0.1, 0.15) is 22.8 Å². The second-order valence-corrected chi connectivity index (χ2v) is 3.78. The van der Waals surface area contributed by atoms with E-state index in [2.05, 4.69) is 0 Å². The summed E-state index contributed by atoms with van der Waals surface area (Å²) in [5.74, 6) is -1.23. The van der Waals surface area contributed by atoms with E-state index in [1.54, 1.807) is 6.07 Å². The van der Waals surface area contributed by atoms with Crippen LogP contribution in [0.25, 0.3) is 0 Å². The average Bonchev–Trinajstić information content (AvgIpc) is 2.34. The molecule has 0 heterocycles. The van der Waals surface area contributed by atoms with Crippen LogP contribution < -0.4 is 4.90 Å². The topological polar surface area (TPSA) is 64.3 Å². The minimum Gasteiger partial charge on any atom is -0.478 e. The summed E-state index contributed by atoms with van der Waals surface area (Å²) in [5.41, 5.74) is -0.151. The lowest BCUT2D eigenvalue weighted by molar-refractivity contribution is -0.119. The maximum atomic E-state index is 12.4. The smallest absolute Gasteiger partial charge is 0.405 e. The highest BCUT2D eigenvalue weighted by molar-refractivity contribution is 5.89. The second kappa shape index (κ2) is 5.61. The number of anilines is 1. The number of carboxylic acids is 1. The standard InChI is InChI=1S/C12H11F3N2O2/c1-2-17(7-12(13,14)15)10-4-3-8(11(18)19)5-9(10)6-16/h3-5H,2,7H2,1H3,(H,18,19). The summed E-state index contributed by atoms with van der Waals surface area (Å²) < 4.78 is 37.2. The number of nitriles is 1. The highest BCUT2D eigenvalue weighted by Gasteiger charge is 2.31. The SMILES string of the molecule is CCN(CC(F)(F)F)c1ccc(C(=O)O)cc1C#N. The Bertz CT molecular complexity index is 521. The summed E-state index contributed by atoms with van der Waals surface area (Å²) in [6.07, 6.45) is -4.39. The number of alkyl halides is 3. The van der Waals surface area contributed by atoms with Crippen LogP contribution in [-0.4, -0.2) is 30.3 Å². The molecule has 0 fully saturated rings. The van der Waals surface area contributed by atoms with E-state index in [9.17, 15) is 18.0 Å². The zero-order valence-corrected chi connectivity index (χ0v) is 10.0. The predicted molar refractivity (Wildman–Crippen MR) is 62.1 cm³/mol. The van der Waals surface area contributed by atoms with Crippen molar-refractivity contribution in [2.45, 2.75) is 13.1 Å². The largest absolute Gasteiger partial charge is 0.478 e. The van der Waals surface area contributed by atoms with Crippen molar-refractivity contribution in [3.8, 4) is 6.07 Å². The molecule has 0 unspecified atom stereocenters. The molecule has 0 aromatic heterocycles. The molecular weight excluding hydrogens is 261 g/mol. The van der Waals surface area contributed by atoms with Crippen LogP contribution in [-0.2, 0) is 0 Å². The van der Waals surface area contributed by atoms with E-state index in [1.807, 2.05) is 0 Å². The third-order valence-corrected chi connectivity index (χ3v) is 2.46. The minimum absolute atomic E-state index is 0.0562. The molecule has 1 rings (SSSR count). The van der Waals surface area contributed by atoms with Crippen LogP contribution in [0.4, 0.5) is 18.9 Å². The molecule has 19 heavy (non-hydrogen) atoms. The Morgan fingerprint density at radius 3 is 2.53 bits per heavy atom. The van der Waals surface area contributed by atoms with Crippen molar-refractivity contribution in [1.82, 2.24) is 0 Å². The number of rotatable bonds is 4. The molecule has 1 aromatic carbocycles. The lowest BCUT2D eigenvalue weighted by atomic mass is 10.1. The zero-order valence-electron chi connectivity index (χ0n) is 10.0. The minimum atomic E-state index is -4.39. The molecule has 102 valence electrons. The number of hydrogen-bond donors (Lipinski definition) is 1. The van der Waals surface area contributed by atoms with Gasteiger partial charge in [0, 0.05) is 6.54 Å². The van der Waals surface area contributed by atoms with E-state index < -0.39 is 18.7 Å². The predicted octanol–water partition coefficient (Wildman–Crippen LogP) is 2.65. The van der Waals surface area contributed by atoms with Gasteiger partial charge in [0.1, 0.15) is 12.6 Å². The second-order valence-electron chi connectivity index (χ2n) is 3.78. The third-order valence-electron chi connectivity index (χ3n) is 2.46. The highest BCUT2D eigenvalue weighted by Crippen LogP contribution is 2.25. The molecule has 4 nitrogen and oxygen atoms in total. The number of nitrogens with zero attached hydrogens (tertiary/aromatic N) is 2. The van der Waals surface area contributed by atoms with Gasteiger partial charge >= 0.3 is 12.1 Å². The van der Waals surface area contributed by atoms with Crippen molar-refractivity contribution in [3.05, 3.63) is 29.3 Å². The zero-order chi connectivity index (χ0) is 14.6. The highest BCUT2D eigenvalue weighted by atomic mass is 19.4. The monoisotopic (exact) mass is 272 g/mol. The van der Waals surface area contributed by atoms with Gasteiger partial charge in [0.2, 0.25) is 0 Å². The molecule has 1 aromatic rings. The van der Waals surface area contributed by atoms with Crippen LogP contribution in [0.3, 0.4) is 0 Å². The molecule has 0 aliphatic heterocycles. The Hall–Kier alpha value is -2.23. The Morgan fingerprint density at radius 2 is 2.11 bits per heavy atom. The van der Waals surface area contributed by atoms with Gasteiger partial charge < -0.3 is 10.0 Å². The molecule has 1 N–H and O–H groups in total. The average molecular weight is 272 g/mol. The van der Waals surface area contributed by atoms with E-state index in [0.717, 1.165) is 11.0 Å². The molecule has 0 bridgehead atoms. The summed E-state index contributed by atoms with van der Waals surface area (Å²) in [6.45, 7) is 0.392. The van der Waals surface area contributed by atoms with Crippen molar-refractivity contribution in [3.63, 3.8) is 0 Å². The normalized spacial score (nSPS) is 10.9. The number of benzene rings is 1. The summed E-state index contributed by atoms with van der Waals surface area (Å²) in [5, 5.41) is 17.7. The summed E-state index contributed by atoms with van der Waals surface area (Å²) in [7, 11) is 0. The van der Waals surface area contributed by atoms with Crippen molar-refractivity contribution in [2.75, 3.05) is 18.0 Å². The van der Waals surface area contributed by atoms with Gasteiger partial charge in [-0.2, -0.15) is 18.4 Å². The lowest BCUT2D eigenvalue weighted by Gasteiger charge is -2.25. The van der Waals surface area contributed by atoms with Crippen molar-refractivity contribution in [2.24, 2.45) is 0 Å². The molecule has 7 heteroatoms. The first-order chi connectivity index (χ1) is 8.78. The van der Waals surface area contributed by atoms with Gasteiger partial charge in [0.05, 0.1) is 16.8 Å². The van der Waals surface area contributed by atoms with Crippen molar-refractivity contribution in [1.29, 1.82) is 5.26 Å². The number of carboxylic acid groups (broad SMARTS) is 1. The Labute approximate surface area is 107 Å². The first-order valence-corrected chi connectivity index (χ1v) is 5.37. The Morgan fingerprint density at radius 1 is 1.47 bits per heavy atom. The quantitative estimate of drug-likeness (QED) is 0.915. The van der Waals surface area contributed by atoms with E-state index in [1.165, 1.54) is 19.1 Å². The molecule has 0 aliphatic rings. The van der Waals surface area contributed by atoms with Crippen molar-refractivity contribution < 1.29 is 23.1 Å². The lowest BCUT2D eigenvalue weighted by Crippen LogP contribution is -2.34. The molecule has 0 saturated carbocycles. The Kier molecular flexibility index (Phi) is 4.38. The van der Waals surface area contributed by atoms with Crippen LogP contribution >= 0.6 is 0 Å². The molecule has 0 spiro atoms. The van der Waals surface area contributed by atoms with E-state index in [4.69, 9.17) is 10.4 Å². The number of carbonyl (C=O) groups is 1. The fourth-order valence-electron chi connectivity index (χ4n) is 1.62. The molecule has 0 saturated heterocycles. The van der Waals surface area contributed by atoms with Crippen LogP contribution in [0.2, 0.25) is 0 Å². The van der Waals surface area contributed by atoms with Gasteiger partial charge in [-0.25, -0.2) is 4.79 Å².